The van der Waals surface area contributed by atoms with Crippen LogP contribution in [0, 0.1) is 17.0 Å². The topological polar surface area (TPSA) is 98.5 Å². The van der Waals surface area contributed by atoms with Crippen molar-refractivity contribution in [2.45, 2.75) is 31.2 Å². The van der Waals surface area contributed by atoms with E-state index in [9.17, 15) is 18.5 Å². The number of sulfonamides is 1. The smallest absolute Gasteiger partial charge is 0.273 e. The van der Waals surface area contributed by atoms with E-state index in [4.69, 9.17) is 4.74 Å². The summed E-state index contributed by atoms with van der Waals surface area (Å²) in [6.07, 6.45) is 0.527. The Labute approximate surface area is 146 Å². The number of hydrogen-bond acceptors (Lipinski definition) is 5. The van der Waals surface area contributed by atoms with Gasteiger partial charge in [0, 0.05) is 17.7 Å². The molecule has 134 valence electrons. The third-order valence-corrected chi connectivity index (χ3v) is 5.38. The number of ether oxygens (including phenoxy) is 1. The van der Waals surface area contributed by atoms with Crippen LogP contribution in [0.5, 0.6) is 5.75 Å². The molecular formula is C17H20N2O5S. The molecule has 0 amide bonds. The molecular weight excluding hydrogens is 344 g/mol. The third kappa shape index (κ3) is 4.34. The Morgan fingerprint density at radius 2 is 1.84 bits per heavy atom. The largest absolute Gasteiger partial charge is 0.497 e. The highest BCUT2D eigenvalue weighted by molar-refractivity contribution is 7.89. The normalized spacial score (nSPS) is 12.6. The van der Waals surface area contributed by atoms with Gasteiger partial charge in [-0.2, -0.15) is 0 Å². The monoisotopic (exact) mass is 364 g/mol. The molecule has 0 heterocycles. The van der Waals surface area contributed by atoms with E-state index in [1.54, 1.807) is 38.3 Å². The van der Waals surface area contributed by atoms with Gasteiger partial charge < -0.3 is 4.74 Å². The van der Waals surface area contributed by atoms with Crippen molar-refractivity contribution in [1.82, 2.24) is 4.72 Å². The van der Waals surface area contributed by atoms with E-state index in [1.807, 2.05) is 6.92 Å². The molecule has 0 fully saturated rings. The lowest BCUT2D eigenvalue weighted by atomic mass is 10.1. The Morgan fingerprint density at radius 3 is 2.36 bits per heavy atom. The minimum atomic E-state index is -3.89. The van der Waals surface area contributed by atoms with Crippen molar-refractivity contribution in [3.63, 3.8) is 0 Å². The number of benzene rings is 2. The SMILES string of the molecule is CCC(NS(=O)(=O)c1ccc(C)c([N+](=O)[O-])c1)c1ccc(OC)cc1. The average molecular weight is 364 g/mol. The number of nitro groups is 1. The molecule has 0 aliphatic rings. The molecule has 0 aliphatic carbocycles. The molecule has 8 heteroatoms. The number of aryl methyl sites for hydroxylation is 1. The molecule has 0 saturated heterocycles. The van der Waals surface area contributed by atoms with Crippen LogP contribution in [-0.2, 0) is 10.0 Å². The van der Waals surface area contributed by atoms with Gasteiger partial charge in [0.15, 0.2) is 0 Å². The molecule has 2 aromatic rings. The van der Waals surface area contributed by atoms with Gasteiger partial charge in [0.25, 0.3) is 5.69 Å². The first kappa shape index (κ1) is 18.9. The number of nitrogens with one attached hydrogen (secondary N) is 1. The average Bonchev–Trinajstić information content (AvgIpc) is 2.59. The van der Waals surface area contributed by atoms with Gasteiger partial charge in [-0.15, -0.1) is 0 Å². The molecule has 0 aromatic heterocycles. The number of nitrogens with zero attached hydrogens (tertiary/aromatic N) is 1. The van der Waals surface area contributed by atoms with Crippen LogP contribution < -0.4 is 9.46 Å². The predicted octanol–water partition coefficient (Wildman–Crippen LogP) is 3.34. The lowest BCUT2D eigenvalue weighted by Crippen LogP contribution is -2.28. The lowest BCUT2D eigenvalue weighted by Gasteiger charge is -2.18. The van der Waals surface area contributed by atoms with Gasteiger partial charge in [-0.05, 0) is 37.1 Å². The van der Waals surface area contributed by atoms with E-state index < -0.39 is 21.0 Å². The van der Waals surface area contributed by atoms with Crippen molar-refractivity contribution in [3.8, 4) is 5.75 Å². The maximum atomic E-state index is 12.6. The fourth-order valence-corrected chi connectivity index (χ4v) is 3.76. The van der Waals surface area contributed by atoms with Crippen LogP contribution in [0.1, 0.15) is 30.5 Å². The molecule has 1 atom stereocenters. The summed E-state index contributed by atoms with van der Waals surface area (Å²) < 4.78 is 33.0. The van der Waals surface area contributed by atoms with Crippen LogP contribution >= 0.6 is 0 Å². The second-order valence-electron chi connectivity index (χ2n) is 5.56. The molecule has 1 unspecified atom stereocenters. The molecule has 0 aliphatic heterocycles. The number of rotatable bonds is 7. The number of nitro benzene ring substituents is 1. The van der Waals surface area contributed by atoms with Gasteiger partial charge in [-0.3, -0.25) is 10.1 Å². The second-order valence-corrected chi connectivity index (χ2v) is 7.27. The lowest BCUT2D eigenvalue weighted by molar-refractivity contribution is -0.385. The molecule has 25 heavy (non-hydrogen) atoms. The minimum Gasteiger partial charge on any atom is -0.497 e. The van der Waals surface area contributed by atoms with Crippen LogP contribution in [0.2, 0.25) is 0 Å². The summed E-state index contributed by atoms with van der Waals surface area (Å²) in [4.78, 5) is 10.3. The van der Waals surface area contributed by atoms with E-state index in [-0.39, 0.29) is 10.6 Å². The zero-order chi connectivity index (χ0) is 18.6. The fraction of sp³-hybridized carbons (Fsp3) is 0.294. The molecule has 1 N–H and O–H groups in total. The summed E-state index contributed by atoms with van der Waals surface area (Å²) in [6.45, 7) is 3.42. The minimum absolute atomic E-state index is 0.128. The van der Waals surface area contributed by atoms with E-state index in [0.29, 0.717) is 17.7 Å². The first-order valence-electron chi connectivity index (χ1n) is 7.69. The van der Waals surface area contributed by atoms with Crippen molar-refractivity contribution in [2.75, 3.05) is 7.11 Å². The quantitative estimate of drug-likeness (QED) is 0.600. The Kier molecular flexibility index (Phi) is 5.76. The second kappa shape index (κ2) is 7.62. The van der Waals surface area contributed by atoms with Gasteiger partial charge in [-0.1, -0.05) is 25.1 Å². The Hall–Kier alpha value is -2.45. The third-order valence-electron chi connectivity index (χ3n) is 3.91. The van der Waals surface area contributed by atoms with E-state index in [0.717, 1.165) is 11.6 Å². The zero-order valence-corrected chi connectivity index (χ0v) is 15.0. The zero-order valence-electron chi connectivity index (χ0n) is 14.2. The summed E-state index contributed by atoms with van der Waals surface area (Å²) in [5.74, 6) is 0.676. The maximum absolute atomic E-state index is 12.6. The standard InChI is InChI=1S/C17H20N2O5S/c1-4-16(13-6-8-14(24-3)9-7-13)18-25(22,23)15-10-5-12(2)17(11-15)19(20)21/h5-11,16,18H,4H2,1-3H3. The first-order chi connectivity index (χ1) is 11.8. The first-order valence-corrected chi connectivity index (χ1v) is 9.18. The van der Waals surface area contributed by atoms with Crippen molar-refractivity contribution < 1.29 is 18.1 Å². The van der Waals surface area contributed by atoms with Crippen LogP contribution in [0.4, 0.5) is 5.69 Å². The van der Waals surface area contributed by atoms with E-state index in [1.165, 1.54) is 12.1 Å². The van der Waals surface area contributed by atoms with Gasteiger partial charge >= 0.3 is 0 Å². The van der Waals surface area contributed by atoms with Crippen LogP contribution in [-0.4, -0.2) is 20.5 Å². The summed E-state index contributed by atoms with van der Waals surface area (Å²) in [5, 5.41) is 11.0. The molecule has 7 nitrogen and oxygen atoms in total. The Morgan fingerprint density at radius 1 is 1.20 bits per heavy atom. The van der Waals surface area contributed by atoms with Gasteiger partial charge in [-0.25, -0.2) is 13.1 Å². The number of hydrogen-bond donors (Lipinski definition) is 1. The highest BCUT2D eigenvalue weighted by Gasteiger charge is 2.23. The van der Waals surface area contributed by atoms with Crippen molar-refractivity contribution >= 4 is 15.7 Å². The van der Waals surface area contributed by atoms with Crippen molar-refractivity contribution in [3.05, 3.63) is 63.7 Å². The summed E-state index contributed by atoms with van der Waals surface area (Å²) >= 11 is 0. The van der Waals surface area contributed by atoms with E-state index in [2.05, 4.69) is 4.72 Å². The number of methoxy groups -OCH3 is 1. The maximum Gasteiger partial charge on any atom is 0.273 e. The van der Waals surface area contributed by atoms with Crippen molar-refractivity contribution in [2.24, 2.45) is 0 Å². The van der Waals surface area contributed by atoms with Crippen LogP contribution in [0.25, 0.3) is 0 Å². The highest BCUT2D eigenvalue weighted by atomic mass is 32.2. The Balaban J connectivity index is 2.32. The summed E-state index contributed by atoms with van der Waals surface area (Å²) in [6, 6.07) is 10.5. The summed E-state index contributed by atoms with van der Waals surface area (Å²) in [5.41, 5.74) is 0.972. The van der Waals surface area contributed by atoms with Crippen LogP contribution in [0.3, 0.4) is 0 Å². The molecule has 2 rings (SSSR count). The predicted molar refractivity (Wildman–Crippen MR) is 94.2 cm³/mol. The summed E-state index contributed by atoms with van der Waals surface area (Å²) in [7, 11) is -2.34. The van der Waals surface area contributed by atoms with E-state index >= 15 is 0 Å². The van der Waals surface area contributed by atoms with Gasteiger partial charge in [0.2, 0.25) is 10.0 Å². The van der Waals surface area contributed by atoms with Crippen molar-refractivity contribution in [1.29, 1.82) is 0 Å². The molecule has 0 radical (unpaired) electrons. The molecule has 0 bridgehead atoms. The van der Waals surface area contributed by atoms with Gasteiger partial charge in [0.1, 0.15) is 5.75 Å². The molecule has 0 spiro atoms. The molecule has 2 aromatic carbocycles. The fourth-order valence-electron chi connectivity index (χ4n) is 2.43. The highest BCUT2D eigenvalue weighted by Crippen LogP contribution is 2.25. The van der Waals surface area contributed by atoms with Gasteiger partial charge in [0.05, 0.1) is 16.9 Å². The molecule has 0 saturated carbocycles. The Bertz CT molecular complexity index is 863. The van der Waals surface area contributed by atoms with Crippen LogP contribution in [0.15, 0.2) is 47.4 Å².